The molecule has 0 saturated carbocycles. The molecule has 0 atom stereocenters. The molecule has 0 aromatic heterocycles. The molecular weight excluding hydrogens is 216 g/mol. The van der Waals surface area contributed by atoms with E-state index in [1.54, 1.807) is 6.08 Å². The van der Waals surface area contributed by atoms with Crippen LogP contribution < -0.4 is 5.19 Å². The van der Waals surface area contributed by atoms with Crippen molar-refractivity contribution in [3.8, 4) is 0 Å². The Hall–Kier alpha value is -1.35. The Morgan fingerprint density at radius 3 is 2.50 bits per heavy atom. The molecule has 1 aromatic carbocycles. The van der Waals surface area contributed by atoms with Crippen molar-refractivity contribution in [2.24, 2.45) is 0 Å². The van der Waals surface area contributed by atoms with Gasteiger partial charge in [0, 0.05) is 6.08 Å². The average molecular weight is 234 g/mol. The van der Waals surface area contributed by atoms with E-state index < -0.39 is 8.07 Å². The van der Waals surface area contributed by atoms with E-state index in [1.165, 1.54) is 5.19 Å². The molecule has 1 rings (SSSR count). The largest absolute Gasteiger partial charge is 0.463 e. The van der Waals surface area contributed by atoms with Crippen LogP contribution in [0.1, 0.15) is 6.92 Å². The molecule has 0 bridgehead atoms. The maximum Gasteiger partial charge on any atom is 0.330 e. The van der Waals surface area contributed by atoms with Gasteiger partial charge in [0.2, 0.25) is 0 Å². The summed E-state index contributed by atoms with van der Waals surface area (Å²) in [6.45, 7) is 6.65. The van der Waals surface area contributed by atoms with Crippen LogP contribution in [0.15, 0.2) is 42.1 Å². The maximum atomic E-state index is 11.2. The van der Waals surface area contributed by atoms with Crippen molar-refractivity contribution in [2.75, 3.05) is 6.61 Å². The molecule has 0 spiro atoms. The van der Waals surface area contributed by atoms with Crippen molar-refractivity contribution >= 4 is 19.2 Å². The number of benzene rings is 1. The summed E-state index contributed by atoms with van der Waals surface area (Å²) in [5.74, 6) is -0.251. The Morgan fingerprint density at radius 2 is 1.94 bits per heavy atom. The highest BCUT2D eigenvalue weighted by Gasteiger charge is 2.19. The van der Waals surface area contributed by atoms with Crippen LogP contribution in [0.4, 0.5) is 0 Å². The summed E-state index contributed by atoms with van der Waals surface area (Å²) in [6, 6.07) is 10.3. The van der Waals surface area contributed by atoms with Gasteiger partial charge in [-0.3, -0.25) is 0 Å². The second-order valence-corrected chi connectivity index (χ2v) is 8.53. The zero-order valence-corrected chi connectivity index (χ0v) is 11.1. The number of carbonyl (C=O) groups excluding carboxylic acids is 1. The summed E-state index contributed by atoms with van der Waals surface area (Å²) in [7, 11) is -1.65. The number of esters is 1. The quantitative estimate of drug-likeness (QED) is 0.454. The van der Waals surface area contributed by atoms with Crippen molar-refractivity contribution < 1.29 is 9.53 Å². The second-order valence-electron chi connectivity index (χ2n) is 4.17. The van der Waals surface area contributed by atoms with Crippen LogP contribution in [-0.2, 0) is 9.53 Å². The monoisotopic (exact) mass is 234 g/mol. The summed E-state index contributed by atoms with van der Waals surface area (Å²) in [4.78, 5) is 11.2. The van der Waals surface area contributed by atoms with Crippen molar-refractivity contribution in [3.63, 3.8) is 0 Å². The first-order chi connectivity index (χ1) is 7.56. The lowest BCUT2D eigenvalue weighted by Crippen LogP contribution is -2.39. The Labute approximate surface area is 98.0 Å². The second kappa shape index (κ2) is 5.65. The first-order valence-corrected chi connectivity index (χ1v) is 8.55. The molecule has 0 N–H and O–H groups in total. The number of rotatable bonds is 4. The van der Waals surface area contributed by atoms with E-state index in [1.807, 2.05) is 30.8 Å². The van der Waals surface area contributed by atoms with Gasteiger partial charge < -0.3 is 4.74 Å². The lowest BCUT2D eigenvalue weighted by molar-refractivity contribution is -0.137. The van der Waals surface area contributed by atoms with Crippen LogP contribution >= 0.6 is 0 Å². The Kier molecular flexibility index (Phi) is 4.49. The lowest BCUT2D eigenvalue weighted by atomic mass is 10.4. The zero-order chi connectivity index (χ0) is 12.0. The van der Waals surface area contributed by atoms with Gasteiger partial charge in [0.1, 0.15) is 8.07 Å². The minimum absolute atomic E-state index is 0.251. The summed E-state index contributed by atoms with van der Waals surface area (Å²) in [6.07, 6.45) is 1.56. The number of hydrogen-bond donors (Lipinski definition) is 0. The molecule has 0 heterocycles. The van der Waals surface area contributed by atoms with Crippen molar-refractivity contribution in [1.82, 2.24) is 0 Å². The third kappa shape index (κ3) is 3.66. The van der Waals surface area contributed by atoms with Crippen molar-refractivity contribution in [2.45, 2.75) is 20.0 Å². The Balaban J connectivity index is 2.76. The van der Waals surface area contributed by atoms with Gasteiger partial charge in [-0.1, -0.05) is 54.3 Å². The molecule has 3 heteroatoms. The average Bonchev–Trinajstić information content (AvgIpc) is 2.28. The fourth-order valence-corrected chi connectivity index (χ4v) is 3.23. The molecule has 0 aliphatic heterocycles. The van der Waals surface area contributed by atoms with E-state index in [0.717, 1.165) is 0 Å². The molecule has 0 saturated heterocycles. The summed E-state index contributed by atoms with van der Waals surface area (Å²) < 4.78 is 4.87. The highest BCUT2D eigenvalue weighted by Crippen LogP contribution is 2.05. The van der Waals surface area contributed by atoms with Gasteiger partial charge in [-0.25, -0.2) is 4.79 Å². The van der Waals surface area contributed by atoms with Crippen LogP contribution in [0.25, 0.3) is 0 Å². The predicted molar refractivity (Wildman–Crippen MR) is 69.3 cm³/mol. The SMILES string of the molecule is CCOC(=O)/C=C\[Si](C)(C)c1ccccc1. The highest BCUT2D eigenvalue weighted by molar-refractivity contribution is 6.94. The standard InChI is InChI=1S/C13H18O2Si/c1-4-15-13(14)10-11-16(2,3)12-8-6-5-7-9-12/h5-11H,4H2,1-3H3/b11-10-. The lowest BCUT2D eigenvalue weighted by Gasteiger charge is -2.17. The van der Waals surface area contributed by atoms with Crippen LogP contribution in [0, 0.1) is 0 Å². The number of ether oxygens (including phenoxy) is 1. The van der Waals surface area contributed by atoms with Crippen molar-refractivity contribution in [1.29, 1.82) is 0 Å². The first-order valence-electron chi connectivity index (χ1n) is 5.48. The smallest absolute Gasteiger partial charge is 0.330 e. The fraction of sp³-hybridized carbons (Fsp3) is 0.308. The van der Waals surface area contributed by atoms with E-state index >= 15 is 0 Å². The van der Waals surface area contributed by atoms with Gasteiger partial charge in [-0.15, -0.1) is 0 Å². The summed E-state index contributed by atoms with van der Waals surface area (Å²) >= 11 is 0. The molecule has 0 aliphatic rings. The van der Waals surface area contributed by atoms with Crippen molar-refractivity contribution in [3.05, 3.63) is 42.1 Å². The Morgan fingerprint density at radius 1 is 1.31 bits per heavy atom. The third-order valence-corrected chi connectivity index (χ3v) is 5.26. The van der Waals surface area contributed by atoms with E-state index in [2.05, 4.69) is 25.2 Å². The maximum absolute atomic E-state index is 11.2. The molecule has 86 valence electrons. The van der Waals surface area contributed by atoms with Gasteiger partial charge in [0.05, 0.1) is 6.61 Å². The van der Waals surface area contributed by atoms with Crippen LogP contribution in [0.5, 0.6) is 0 Å². The topological polar surface area (TPSA) is 26.3 Å². The predicted octanol–water partition coefficient (Wildman–Crippen LogP) is 2.26. The zero-order valence-electron chi connectivity index (χ0n) is 10.1. The van der Waals surface area contributed by atoms with Crippen LogP contribution in [-0.4, -0.2) is 20.7 Å². The molecule has 0 unspecified atom stereocenters. The minimum Gasteiger partial charge on any atom is -0.463 e. The highest BCUT2D eigenvalue weighted by atomic mass is 28.3. The van der Waals surface area contributed by atoms with Gasteiger partial charge in [-0.2, -0.15) is 0 Å². The van der Waals surface area contributed by atoms with Gasteiger partial charge in [0.15, 0.2) is 0 Å². The Bertz CT molecular complexity index is 369. The molecule has 0 radical (unpaired) electrons. The molecule has 16 heavy (non-hydrogen) atoms. The molecular formula is C13H18O2Si. The van der Waals surface area contributed by atoms with Gasteiger partial charge in [0.25, 0.3) is 0 Å². The van der Waals surface area contributed by atoms with Crippen LogP contribution in [0.2, 0.25) is 13.1 Å². The van der Waals surface area contributed by atoms with E-state index in [0.29, 0.717) is 6.61 Å². The first kappa shape index (κ1) is 12.7. The molecule has 0 amide bonds. The van der Waals surface area contributed by atoms with E-state index in [4.69, 9.17) is 4.74 Å². The third-order valence-electron chi connectivity index (χ3n) is 2.44. The molecule has 0 aliphatic carbocycles. The van der Waals surface area contributed by atoms with Gasteiger partial charge >= 0.3 is 5.97 Å². The van der Waals surface area contributed by atoms with E-state index in [-0.39, 0.29) is 5.97 Å². The molecule has 2 nitrogen and oxygen atoms in total. The number of hydrogen-bond acceptors (Lipinski definition) is 2. The van der Waals surface area contributed by atoms with Crippen LogP contribution in [0.3, 0.4) is 0 Å². The molecule has 1 aromatic rings. The summed E-state index contributed by atoms with van der Waals surface area (Å²) in [5.41, 5.74) is 2.01. The minimum atomic E-state index is -1.65. The van der Waals surface area contributed by atoms with Gasteiger partial charge in [-0.05, 0) is 6.92 Å². The fourth-order valence-electron chi connectivity index (χ4n) is 1.43. The normalized spacial score (nSPS) is 11.7. The molecule has 0 fully saturated rings. The summed E-state index contributed by atoms with van der Waals surface area (Å²) in [5, 5.41) is 1.32. The van der Waals surface area contributed by atoms with E-state index in [9.17, 15) is 4.79 Å². The number of carbonyl (C=O) groups is 1.